The molecule has 6 heteroatoms. The second-order valence-electron chi connectivity index (χ2n) is 4.76. The molecule has 0 unspecified atom stereocenters. The van der Waals surface area contributed by atoms with Gasteiger partial charge in [0.05, 0.1) is 5.54 Å². The van der Waals surface area contributed by atoms with Gasteiger partial charge in [0.1, 0.15) is 0 Å². The molecular weight excluding hydrogens is 216 g/mol. The van der Waals surface area contributed by atoms with Crippen molar-refractivity contribution in [3.63, 3.8) is 0 Å². The Balaban J connectivity index is 2.13. The van der Waals surface area contributed by atoms with E-state index in [4.69, 9.17) is 11.5 Å². The van der Waals surface area contributed by atoms with Gasteiger partial charge in [0, 0.05) is 16.9 Å². The van der Waals surface area contributed by atoms with Crippen molar-refractivity contribution in [3.8, 4) is 11.4 Å². The normalized spacial score (nSPS) is 17.0. The summed E-state index contributed by atoms with van der Waals surface area (Å²) >= 11 is 0. The van der Waals surface area contributed by atoms with Crippen molar-refractivity contribution in [2.45, 2.75) is 25.3 Å². The van der Waals surface area contributed by atoms with E-state index in [1.807, 2.05) is 10.7 Å². The van der Waals surface area contributed by atoms with Crippen molar-refractivity contribution in [1.82, 2.24) is 20.2 Å². The molecule has 1 aromatic heterocycles. The summed E-state index contributed by atoms with van der Waals surface area (Å²) < 4.78 is 1.86. The van der Waals surface area contributed by atoms with Crippen LogP contribution in [-0.4, -0.2) is 20.2 Å². The molecule has 6 nitrogen and oxygen atoms in total. The number of anilines is 2. The van der Waals surface area contributed by atoms with E-state index >= 15 is 0 Å². The molecule has 1 aliphatic rings. The summed E-state index contributed by atoms with van der Waals surface area (Å²) in [5, 5.41) is 11.9. The first-order valence-corrected chi connectivity index (χ1v) is 5.54. The number of tetrazole rings is 1. The van der Waals surface area contributed by atoms with Crippen LogP contribution in [0.3, 0.4) is 0 Å². The summed E-state index contributed by atoms with van der Waals surface area (Å²) in [6.45, 7) is 2.14. The van der Waals surface area contributed by atoms with Crippen LogP contribution in [0.4, 0.5) is 11.4 Å². The van der Waals surface area contributed by atoms with Crippen molar-refractivity contribution in [3.05, 3.63) is 18.2 Å². The lowest BCUT2D eigenvalue weighted by atomic mass is 10.1. The molecule has 1 saturated carbocycles. The summed E-state index contributed by atoms with van der Waals surface area (Å²) in [7, 11) is 0. The van der Waals surface area contributed by atoms with Gasteiger partial charge in [0.15, 0.2) is 5.82 Å². The molecule has 1 heterocycles. The van der Waals surface area contributed by atoms with Gasteiger partial charge in [0.25, 0.3) is 0 Å². The topological polar surface area (TPSA) is 95.6 Å². The minimum absolute atomic E-state index is 0.0483. The second kappa shape index (κ2) is 3.19. The van der Waals surface area contributed by atoms with Gasteiger partial charge in [-0.3, -0.25) is 0 Å². The number of benzene rings is 1. The zero-order valence-corrected chi connectivity index (χ0v) is 9.59. The molecule has 0 radical (unpaired) electrons. The van der Waals surface area contributed by atoms with Crippen molar-refractivity contribution in [1.29, 1.82) is 0 Å². The van der Waals surface area contributed by atoms with Crippen LogP contribution in [0, 0.1) is 0 Å². The van der Waals surface area contributed by atoms with Crippen LogP contribution in [0.5, 0.6) is 0 Å². The van der Waals surface area contributed by atoms with Crippen LogP contribution in [0.25, 0.3) is 11.4 Å². The first-order valence-electron chi connectivity index (χ1n) is 5.54. The lowest BCUT2D eigenvalue weighted by molar-refractivity contribution is 0.463. The third-order valence-corrected chi connectivity index (χ3v) is 3.27. The van der Waals surface area contributed by atoms with E-state index in [1.165, 1.54) is 0 Å². The second-order valence-corrected chi connectivity index (χ2v) is 4.76. The lowest BCUT2D eigenvalue weighted by Crippen LogP contribution is -2.16. The van der Waals surface area contributed by atoms with Crippen LogP contribution >= 0.6 is 0 Å². The van der Waals surface area contributed by atoms with Gasteiger partial charge >= 0.3 is 0 Å². The van der Waals surface area contributed by atoms with Gasteiger partial charge in [-0.15, -0.1) is 5.10 Å². The van der Waals surface area contributed by atoms with Crippen LogP contribution in [0.15, 0.2) is 18.2 Å². The van der Waals surface area contributed by atoms with Gasteiger partial charge in [-0.2, -0.15) is 0 Å². The van der Waals surface area contributed by atoms with Gasteiger partial charge < -0.3 is 11.5 Å². The molecular formula is C11H14N6. The average molecular weight is 230 g/mol. The maximum atomic E-state index is 5.96. The Hall–Kier alpha value is -2.11. The fourth-order valence-electron chi connectivity index (χ4n) is 1.90. The number of hydrogen-bond donors (Lipinski definition) is 2. The highest BCUT2D eigenvalue weighted by molar-refractivity contribution is 5.74. The summed E-state index contributed by atoms with van der Waals surface area (Å²) in [5.74, 6) is 0.711. The molecule has 3 rings (SSSR count). The first-order chi connectivity index (χ1) is 8.10. The number of rotatable bonds is 2. The first kappa shape index (κ1) is 10.1. The predicted molar refractivity (Wildman–Crippen MR) is 65.0 cm³/mol. The van der Waals surface area contributed by atoms with E-state index in [0.717, 1.165) is 18.4 Å². The molecule has 0 saturated heterocycles. The van der Waals surface area contributed by atoms with E-state index in [0.29, 0.717) is 17.2 Å². The zero-order valence-electron chi connectivity index (χ0n) is 9.59. The van der Waals surface area contributed by atoms with E-state index in [9.17, 15) is 0 Å². The van der Waals surface area contributed by atoms with Crippen molar-refractivity contribution in [2.75, 3.05) is 11.5 Å². The lowest BCUT2D eigenvalue weighted by Gasteiger charge is -2.12. The standard InChI is InChI=1S/C11H14N6/c1-11(4-5-11)17-10(14-15-16-17)8-3-2-7(12)6-9(8)13/h2-3,6H,4-5,12-13H2,1H3. The van der Waals surface area contributed by atoms with Gasteiger partial charge in [-0.05, 0) is 48.4 Å². The highest BCUT2D eigenvalue weighted by Gasteiger charge is 2.42. The third-order valence-electron chi connectivity index (χ3n) is 3.27. The summed E-state index contributed by atoms with van der Waals surface area (Å²) in [5.41, 5.74) is 13.8. The van der Waals surface area contributed by atoms with Crippen LogP contribution in [0.2, 0.25) is 0 Å². The molecule has 0 bridgehead atoms. The van der Waals surface area contributed by atoms with E-state index in [-0.39, 0.29) is 5.54 Å². The van der Waals surface area contributed by atoms with Crippen molar-refractivity contribution >= 4 is 11.4 Å². The predicted octanol–water partition coefficient (Wildman–Crippen LogP) is 1.01. The number of nitrogens with two attached hydrogens (primary N) is 2. The van der Waals surface area contributed by atoms with E-state index < -0.39 is 0 Å². The quantitative estimate of drug-likeness (QED) is 0.751. The Bertz CT molecular complexity index is 569. The number of aromatic nitrogens is 4. The molecule has 4 N–H and O–H groups in total. The van der Waals surface area contributed by atoms with E-state index in [1.54, 1.807) is 12.1 Å². The number of hydrogen-bond acceptors (Lipinski definition) is 5. The number of nitrogens with zero attached hydrogens (tertiary/aromatic N) is 4. The maximum Gasteiger partial charge on any atom is 0.184 e. The molecule has 88 valence electrons. The molecule has 1 aromatic carbocycles. The molecule has 0 amide bonds. The highest BCUT2D eigenvalue weighted by atomic mass is 15.6. The number of nitrogen functional groups attached to an aromatic ring is 2. The fourth-order valence-corrected chi connectivity index (χ4v) is 1.90. The zero-order chi connectivity index (χ0) is 12.0. The smallest absolute Gasteiger partial charge is 0.184 e. The Morgan fingerprint density at radius 1 is 1.29 bits per heavy atom. The van der Waals surface area contributed by atoms with Crippen molar-refractivity contribution < 1.29 is 0 Å². The summed E-state index contributed by atoms with van der Waals surface area (Å²) in [6, 6.07) is 5.39. The van der Waals surface area contributed by atoms with Gasteiger partial charge in [-0.25, -0.2) is 4.68 Å². The summed E-state index contributed by atoms with van der Waals surface area (Å²) in [6.07, 6.45) is 2.19. The largest absolute Gasteiger partial charge is 0.399 e. The molecule has 0 aliphatic heterocycles. The maximum absolute atomic E-state index is 5.96. The molecule has 1 aliphatic carbocycles. The highest BCUT2D eigenvalue weighted by Crippen LogP contribution is 2.44. The van der Waals surface area contributed by atoms with Gasteiger partial charge in [0.2, 0.25) is 0 Å². The van der Waals surface area contributed by atoms with Crippen LogP contribution < -0.4 is 11.5 Å². The molecule has 0 atom stereocenters. The monoisotopic (exact) mass is 230 g/mol. The fraction of sp³-hybridized carbons (Fsp3) is 0.364. The Labute approximate surface area is 98.6 Å². The minimum atomic E-state index is 0.0483. The Kier molecular flexibility index (Phi) is 1.89. The van der Waals surface area contributed by atoms with Crippen molar-refractivity contribution in [2.24, 2.45) is 0 Å². The van der Waals surface area contributed by atoms with Gasteiger partial charge in [-0.1, -0.05) is 0 Å². The van der Waals surface area contributed by atoms with Crippen LogP contribution in [0.1, 0.15) is 19.8 Å². The van der Waals surface area contributed by atoms with Crippen LogP contribution in [-0.2, 0) is 5.54 Å². The molecule has 17 heavy (non-hydrogen) atoms. The Morgan fingerprint density at radius 3 is 2.71 bits per heavy atom. The average Bonchev–Trinajstić information content (AvgIpc) is 2.85. The molecule has 2 aromatic rings. The van der Waals surface area contributed by atoms with E-state index in [2.05, 4.69) is 22.4 Å². The minimum Gasteiger partial charge on any atom is -0.399 e. The SMILES string of the molecule is CC1(n2nnnc2-c2ccc(N)cc2N)CC1. The molecule has 0 spiro atoms. The molecule has 1 fully saturated rings. The Morgan fingerprint density at radius 2 is 2.06 bits per heavy atom. The summed E-state index contributed by atoms with van der Waals surface area (Å²) in [4.78, 5) is 0. The third kappa shape index (κ3) is 1.52.